The van der Waals surface area contributed by atoms with Gasteiger partial charge in [0.1, 0.15) is 0 Å². The number of aliphatic hydroxyl groups is 2. The lowest BCUT2D eigenvalue weighted by Crippen LogP contribution is -2.51. The summed E-state index contributed by atoms with van der Waals surface area (Å²) in [5, 5.41) is 18.4. The van der Waals surface area contributed by atoms with E-state index >= 15 is 0 Å². The molecule has 10 nitrogen and oxygen atoms in total. The van der Waals surface area contributed by atoms with Gasteiger partial charge in [0.25, 0.3) is 5.91 Å². The van der Waals surface area contributed by atoms with E-state index in [-0.39, 0.29) is 10.9 Å². The van der Waals surface area contributed by atoms with E-state index in [0.29, 0.717) is 24.8 Å². The quantitative estimate of drug-likeness (QED) is 0.420. The van der Waals surface area contributed by atoms with Gasteiger partial charge in [-0.3, -0.25) is 4.79 Å². The number of amides is 1. The fourth-order valence-corrected chi connectivity index (χ4v) is 5.08. The van der Waals surface area contributed by atoms with Crippen molar-refractivity contribution in [1.82, 2.24) is 14.9 Å². The van der Waals surface area contributed by atoms with Crippen LogP contribution >= 0.6 is 0 Å². The highest BCUT2D eigenvalue weighted by atomic mass is 32.2. The Morgan fingerprint density at radius 1 is 1.23 bits per heavy atom. The molecule has 2 aliphatic heterocycles. The number of aliphatic hydroxyl groups excluding tert-OH is 2. The van der Waals surface area contributed by atoms with E-state index in [2.05, 4.69) is 9.97 Å². The van der Waals surface area contributed by atoms with Crippen molar-refractivity contribution in [3.05, 3.63) is 12.4 Å². The molecule has 2 atom stereocenters. The molecule has 1 aromatic rings. The second-order valence-electron chi connectivity index (χ2n) is 9.05. The predicted molar refractivity (Wildman–Crippen MR) is 112 cm³/mol. The average molecular weight is 455 g/mol. The lowest BCUT2D eigenvalue weighted by molar-refractivity contribution is -0.145. The Kier molecular flexibility index (Phi) is 6.78. The number of sulfone groups is 1. The summed E-state index contributed by atoms with van der Waals surface area (Å²) in [7, 11) is -4.59. The molecule has 0 saturated carbocycles. The van der Waals surface area contributed by atoms with Gasteiger partial charge < -0.3 is 24.4 Å². The third-order valence-corrected chi connectivity index (χ3v) is 7.82. The molecule has 31 heavy (non-hydrogen) atoms. The largest absolute Gasteiger partial charge is 0.498 e. The number of likely N-dealkylation sites (tertiary alicyclic amines) is 1. The van der Waals surface area contributed by atoms with Gasteiger partial charge in [-0.2, -0.15) is 0 Å². The minimum atomic E-state index is -3.89. The molecule has 2 saturated heterocycles. The van der Waals surface area contributed by atoms with Crippen LogP contribution < -0.4 is 5.46 Å². The topological polar surface area (TPSA) is 139 Å². The van der Waals surface area contributed by atoms with E-state index < -0.39 is 52.8 Å². The molecule has 12 heteroatoms. The molecule has 3 heterocycles. The van der Waals surface area contributed by atoms with Crippen LogP contribution in [-0.4, -0.2) is 88.8 Å². The molecule has 2 N–H and O–H groups in total. The summed E-state index contributed by atoms with van der Waals surface area (Å²) in [5.74, 6) is -1.02. The van der Waals surface area contributed by atoms with E-state index in [1.807, 2.05) is 27.7 Å². The number of hydrogen-bond donors (Lipinski definition) is 2. The Labute approximate surface area is 183 Å². The summed E-state index contributed by atoms with van der Waals surface area (Å²) in [4.78, 5) is 21.7. The smallest absolute Gasteiger partial charge is 0.399 e. The third-order valence-electron chi connectivity index (χ3n) is 6.23. The molecule has 0 radical (unpaired) electrons. The van der Waals surface area contributed by atoms with Crippen molar-refractivity contribution in [1.29, 1.82) is 0 Å². The normalized spacial score (nSPS) is 24.3. The molecular weight excluding hydrogens is 425 g/mol. The van der Waals surface area contributed by atoms with E-state index in [4.69, 9.17) is 14.4 Å². The Morgan fingerprint density at radius 2 is 1.81 bits per heavy atom. The number of rotatable bonds is 6. The molecule has 2 aliphatic rings. The van der Waals surface area contributed by atoms with Crippen LogP contribution in [0.25, 0.3) is 0 Å². The number of aromatic nitrogens is 2. The number of hydrogen-bond acceptors (Lipinski definition) is 9. The maximum atomic E-state index is 12.9. The van der Waals surface area contributed by atoms with Gasteiger partial charge in [-0.05, 0) is 47.0 Å². The van der Waals surface area contributed by atoms with Gasteiger partial charge in [0.15, 0.2) is 6.10 Å². The average Bonchev–Trinajstić information content (AvgIpc) is 2.94. The van der Waals surface area contributed by atoms with Crippen molar-refractivity contribution >= 4 is 28.3 Å². The van der Waals surface area contributed by atoms with Crippen molar-refractivity contribution in [2.75, 3.05) is 18.9 Å². The Morgan fingerprint density at radius 3 is 2.35 bits per heavy atom. The van der Waals surface area contributed by atoms with Gasteiger partial charge in [0, 0.05) is 30.4 Å². The van der Waals surface area contributed by atoms with Gasteiger partial charge >= 0.3 is 7.12 Å². The zero-order chi connectivity index (χ0) is 23.0. The molecular formula is C19H30BN3O7S. The minimum Gasteiger partial charge on any atom is -0.399 e. The Hall–Kier alpha value is -1.60. The molecule has 0 aliphatic carbocycles. The molecule has 1 aromatic heterocycles. The van der Waals surface area contributed by atoms with Gasteiger partial charge in [-0.25, -0.2) is 18.4 Å². The second-order valence-corrected chi connectivity index (χ2v) is 11.0. The molecule has 172 valence electrons. The van der Waals surface area contributed by atoms with Crippen LogP contribution in [0.15, 0.2) is 17.6 Å². The van der Waals surface area contributed by atoms with Crippen LogP contribution in [0.3, 0.4) is 0 Å². The zero-order valence-electron chi connectivity index (χ0n) is 18.3. The lowest BCUT2D eigenvalue weighted by atomic mass is 9.81. The molecule has 0 unspecified atom stereocenters. The van der Waals surface area contributed by atoms with Crippen LogP contribution in [0, 0.1) is 0 Å². The molecule has 2 fully saturated rings. The van der Waals surface area contributed by atoms with Gasteiger partial charge in [0.2, 0.25) is 15.0 Å². The van der Waals surface area contributed by atoms with Gasteiger partial charge in [0.05, 0.1) is 23.6 Å². The van der Waals surface area contributed by atoms with Crippen LogP contribution in [0.1, 0.15) is 47.0 Å². The zero-order valence-corrected chi connectivity index (χ0v) is 19.1. The molecule has 0 bridgehead atoms. The highest BCUT2D eigenvalue weighted by molar-refractivity contribution is 7.91. The first-order valence-electron chi connectivity index (χ1n) is 10.4. The van der Waals surface area contributed by atoms with Crippen molar-refractivity contribution in [2.45, 2.75) is 75.5 Å². The number of piperidine rings is 1. The lowest BCUT2D eigenvalue weighted by Gasteiger charge is -2.36. The summed E-state index contributed by atoms with van der Waals surface area (Å²) in [6.45, 7) is 7.28. The van der Waals surface area contributed by atoms with Crippen molar-refractivity contribution in [3.63, 3.8) is 0 Å². The monoisotopic (exact) mass is 455 g/mol. The third kappa shape index (κ3) is 4.93. The van der Waals surface area contributed by atoms with Crippen LogP contribution in [0.5, 0.6) is 0 Å². The summed E-state index contributed by atoms with van der Waals surface area (Å²) >= 11 is 0. The number of nitrogens with zero attached hydrogens (tertiary/aromatic N) is 3. The molecule has 3 rings (SSSR count). The van der Waals surface area contributed by atoms with Gasteiger partial charge in [-0.1, -0.05) is 0 Å². The van der Waals surface area contributed by atoms with E-state index in [1.54, 1.807) is 0 Å². The Bertz CT molecular complexity index is 892. The number of carbonyl (C=O) groups excluding carboxylic acids is 1. The molecule has 0 aromatic carbocycles. The predicted octanol–water partition coefficient (Wildman–Crippen LogP) is -0.716. The van der Waals surface area contributed by atoms with Crippen LogP contribution in [0.4, 0.5) is 0 Å². The van der Waals surface area contributed by atoms with Crippen LogP contribution in [-0.2, 0) is 23.9 Å². The molecule has 1 amide bonds. The second kappa shape index (κ2) is 8.74. The summed E-state index contributed by atoms with van der Waals surface area (Å²) in [5.41, 5.74) is -0.574. The minimum absolute atomic E-state index is 0.331. The van der Waals surface area contributed by atoms with Crippen molar-refractivity contribution in [2.24, 2.45) is 0 Å². The first-order chi connectivity index (χ1) is 14.4. The highest BCUT2D eigenvalue weighted by Crippen LogP contribution is 2.36. The standard InChI is InChI=1S/C19H30BN3O7S/c1-18(2)19(3,4)30-20(29-18)13-9-21-17(22-10-13)31(27,28)12-14-7-5-6-8-23(14)16(26)15(25)11-24/h9-10,14-15,24-25H,5-8,11-12H2,1-4H3/t14-,15-/m1/s1. The summed E-state index contributed by atoms with van der Waals surface area (Å²) in [6.07, 6.45) is 3.15. The van der Waals surface area contributed by atoms with Crippen molar-refractivity contribution in [3.8, 4) is 0 Å². The van der Waals surface area contributed by atoms with Crippen LogP contribution in [0.2, 0.25) is 0 Å². The fourth-order valence-electron chi connectivity index (χ4n) is 3.65. The first-order valence-corrected chi connectivity index (χ1v) is 12.0. The number of carbonyl (C=O) groups is 1. The SMILES string of the molecule is CC1(C)OB(c2cnc(S(=O)(=O)C[C@H]3CCCCN3C(=O)[C@H](O)CO)nc2)OC1(C)C. The van der Waals surface area contributed by atoms with E-state index in [1.165, 1.54) is 17.3 Å². The van der Waals surface area contributed by atoms with Gasteiger partial charge in [-0.15, -0.1) is 0 Å². The fraction of sp³-hybridized carbons (Fsp3) is 0.737. The molecule has 0 spiro atoms. The summed E-state index contributed by atoms with van der Waals surface area (Å²) in [6, 6.07) is -0.612. The van der Waals surface area contributed by atoms with E-state index in [9.17, 15) is 18.3 Å². The first kappa shape index (κ1) is 24.1. The van der Waals surface area contributed by atoms with E-state index in [0.717, 1.165) is 6.42 Å². The maximum absolute atomic E-state index is 12.9. The maximum Gasteiger partial charge on any atom is 0.498 e. The summed E-state index contributed by atoms with van der Waals surface area (Å²) < 4.78 is 37.7. The highest BCUT2D eigenvalue weighted by Gasteiger charge is 2.52. The van der Waals surface area contributed by atoms with Crippen molar-refractivity contribution < 1.29 is 32.7 Å². The Balaban J connectivity index is 1.74.